The minimum atomic E-state index is -4.26. The maximum absolute atomic E-state index is 12.1. The van der Waals surface area contributed by atoms with Crippen LogP contribution >= 0.6 is 11.8 Å². The predicted octanol–water partition coefficient (Wildman–Crippen LogP) is 0.282. The van der Waals surface area contributed by atoms with Crippen molar-refractivity contribution in [3.8, 4) is 0 Å². The molecule has 1 fully saturated rings. The highest BCUT2D eigenvalue weighted by Crippen LogP contribution is 2.38. The summed E-state index contributed by atoms with van der Waals surface area (Å²) in [5.74, 6) is 0. The van der Waals surface area contributed by atoms with E-state index in [9.17, 15) is 23.4 Å². The summed E-state index contributed by atoms with van der Waals surface area (Å²) in [7, 11) is 0. The van der Waals surface area contributed by atoms with Crippen LogP contribution in [0.1, 0.15) is 12.8 Å². The van der Waals surface area contributed by atoms with Crippen molar-refractivity contribution in [2.45, 2.75) is 48.8 Å². The molecule has 0 aliphatic carbocycles. The summed E-state index contributed by atoms with van der Waals surface area (Å²) >= 11 is 1.01. The summed E-state index contributed by atoms with van der Waals surface area (Å²) in [6.45, 7) is -0.472. The zero-order valence-corrected chi connectivity index (χ0v) is 10.6. The molecule has 2 heterocycles. The number of halogens is 3. The summed E-state index contributed by atoms with van der Waals surface area (Å²) in [4.78, 5) is 3.98. The third-order valence-electron chi connectivity index (χ3n) is 3.02. The third kappa shape index (κ3) is 3.40. The fraction of sp³-hybridized carbons (Fsp3) is 0.900. The highest BCUT2D eigenvalue weighted by Gasteiger charge is 2.48. The molecule has 0 spiro atoms. The number of rotatable bonds is 3. The van der Waals surface area contributed by atoms with Gasteiger partial charge in [0.1, 0.15) is 29.8 Å². The molecular formula is C10H14F3NO4S. The number of thioether (sulfide) groups is 1. The lowest BCUT2D eigenvalue weighted by Crippen LogP contribution is -2.55. The normalized spacial score (nSPS) is 39.1. The van der Waals surface area contributed by atoms with Gasteiger partial charge in [-0.2, -0.15) is 13.2 Å². The van der Waals surface area contributed by atoms with Crippen molar-refractivity contribution in [2.24, 2.45) is 4.99 Å². The molecule has 0 aromatic carbocycles. The second-order valence-corrected chi connectivity index (χ2v) is 5.62. The van der Waals surface area contributed by atoms with Crippen LogP contribution < -0.4 is 0 Å². The maximum atomic E-state index is 12.1. The van der Waals surface area contributed by atoms with E-state index in [0.717, 1.165) is 11.8 Å². The second-order valence-electron chi connectivity index (χ2n) is 4.45. The average molecular weight is 301 g/mol. The van der Waals surface area contributed by atoms with E-state index in [2.05, 4.69) is 4.99 Å². The van der Waals surface area contributed by atoms with E-state index in [1.54, 1.807) is 0 Å². The molecule has 5 nitrogen and oxygen atoms in total. The first-order valence-corrected chi connectivity index (χ1v) is 6.62. The molecular weight excluding hydrogens is 287 g/mol. The summed E-state index contributed by atoms with van der Waals surface area (Å²) in [6, 6.07) is -0.786. The van der Waals surface area contributed by atoms with Crippen LogP contribution in [-0.4, -0.2) is 62.9 Å². The monoisotopic (exact) mass is 301 g/mol. The summed E-state index contributed by atoms with van der Waals surface area (Å²) in [5.41, 5.74) is -0.654. The second kappa shape index (κ2) is 5.57. The molecule has 2 aliphatic heterocycles. The molecule has 0 radical (unpaired) electrons. The van der Waals surface area contributed by atoms with Gasteiger partial charge in [-0.25, -0.2) is 0 Å². The van der Waals surface area contributed by atoms with Gasteiger partial charge in [-0.15, -0.1) is 0 Å². The number of alkyl halides is 3. The Morgan fingerprint density at radius 1 is 1.26 bits per heavy atom. The summed E-state index contributed by atoms with van der Waals surface area (Å²) in [5, 5.41) is 28.7. The van der Waals surface area contributed by atoms with Crippen LogP contribution in [0.2, 0.25) is 0 Å². The maximum Gasteiger partial charge on any atom is 0.389 e. The lowest BCUT2D eigenvalue weighted by Gasteiger charge is -2.37. The zero-order valence-electron chi connectivity index (χ0n) is 9.75. The molecule has 1 saturated heterocycles. The predicted molar refractivity (Wildman–Crippen MR) is 61.9 cm³/mol. The molecule has 2 rings (SSSR count). The van der Waals surface area contributed by atoms with Gasteiger partial charge >= 0.3 is 6.18 Å². The van der Waals surface area contributed by atoms with Crippen LogP contribution in [-0.2, 0) is 4.74 Å². The van der Waals surface area contributed by atoms with Crippen LogP contribution in [0.3, 0.4) is 0 Å². The molecule has 2 aliphatic rings. The highest BCUT2D eigenvalue weighted by molar-refractivity contribution is 8.14. The van der Waals surface area contributed by atoms with Crippen LogP contribution in [0.15, 0.2) is 4.99 Å². The van der Waals surface area contributed by atoms with Gasteiger partial charge in [-0.1, -0.05) is 11.8 Å². The number of aliphatic imine (C=N–C) groups is 1. The molecule has 0 bridgehead atoms. The minimum absolute atomic E-state index is 0.247. The Labute approximate surface area is 111 Å². The van der Waals surface area contributed by atoms with Gasteiger partial charge in [0.15, 0.2) is 0 Å². The smallest absolute Gasteiger partial charge is 0.389 e. The molecule has 110 valence electrons. The highest BCUT2D eigenvalue weighted by atomic mass is 32.2. The number of aliphatic hydroxyl groups excluding tert-OH is 3. The van der Waals surface area contributed by atoms with Crippen molar-refractivity contribution < 1.29 is 33.2 Å². The Balaban J connectivity index is 1.99. The van der Waals surface area contributed by atoms with E-state index < -0.39 is 49.0 Å². The molecule has 9 heteroatoms. The van der Waals surface area contributed by atoms with Crippen LogP contribution in [0.4, 0.5) is 13.2 Å². The molecule has 0 aromatic heterocycles. The Bertz CT molecular complexity index is 365. The van der Waals surface area contributed by atoms with Gasteiger partial charge in [-0.05, 0) is 0 Å². The fourth-order valence-corrected chi connectivity index (χ4v) is 3.24. The Hall–Kier alpha value is -0.350. The lowest BCUT2D eigenvalue weighted by molar-refractivity contribution is -0.164. The van der Waals surface area contributed by atoms with Gasteiger partial charge in [0.05, 0.1) is 11.7 Å². The molecule has 0 saturated carbocycles. The molecule has 3 N–H and O–H groups in total. The van der Waals surface area contributed by atoms with Crippen molar-refractivity contribution in [3.63, 3.8) is 0 Å². The van der Waals surface area contributed by atoms with E-state index in [0.29, 0.717) is 0 Å². The topological polar surface area (TPSA) is 82.3 Å². The molecule has 0 unspecified atom stereocenters. The number of hydrogen-bond acceptors (Lipinski definition) is 6. The van der Waals surface area contributed by atoms with Crippen LogP contribution in [0.5, 0.6) is 0 Å². The molecule has 0 amide bonds. The molecule has 19 heavy (non-hydrogen) atoms. The number of nitrogens with zero attached hydrogens (tertiary/aromatic N) is 1. The Morgan fingerprint density at radius 3 is 2.53 bits per heavy atom. The van der Waals surface area contributed by atoms with Crippen molar-refractivity contribution in [1.29, 1.82) is 0 Å². The van der Waals surface area contributed by atoms with Crippen LogP contribution in [0.25, 0.3) is 0 Å². The number of aliphatic hydroxyl groups is 3. The Kier molecular flexibility index (Phi) is 4.41. The third-order valence-corrected chi connectivity index (χ3v) is 4.22. The van der Waals surface area contributed by atoms with Gasteiger partial charge in [0.25, 0.3) is 0 Å². The van der Waals surface area contributed by atoms with E-state index in [-0.39, 0.29) is 11.5 Å². The fourth-order valence-electron chi connectivity index (χ4n) is 2.00. The first kappa shape index (κ1) is 15.0. The summed E-state index contributed by atoms with van der Waals surface area (Å²) < 4.78 is 41.7. The van der Waals surface area contributed by atoms with E-state index in [4.69, 9.17) is 9.84 Å². The molecule has 5 atom stereocenters. The van der Waals surface area contributed by atoms with Crippen molar-refractivity contribution in [2.75, 3.05) is 6.61 Å². The standard InChI is InChI=1S/C10H14F3NO4S/c11-10(12,13)2-1-5-14-6-8(17)7(16)4(3-15)18-9(6)19-5/h4,6-9,15-17H,1-3H2/t4-,6-,7-,8-,9-/m1/s1. The van der Waals surface area contributed by atoms with Crippen molar-refractivity contribution >= 4 is 16.8 Å². The number of hydrogen-bond donors (Lipinski definition) is 3. The minimum Gasteiger partial charge on any atom is -0.394 e. The van der Waals surface area contributed by atoms with Crippen molar-refractivity contribution in [3.05, 3.63) is 0 Å². The first-order chi connectivity index (χ1) is 8.81. The van der Waals surface area contributed by atoms with Crippen molar-refractivity contribution in [1.82, 2.24) is 0 Å². The summed E-state index contributed by atoms with van der Waals surface area (Å²) in [6.07, 6.45) is -8.99. The first-order valence-electron chi connectivity index (χ1n) is 5.74. The van der Waals surface area contributed by atoms with E-state index in [1.807, 2.05) is 0 Å². The molecule has 0 aromatic rings. The van der Waals surface area contributed by atoms with Gasteiger partial charge < -0.3 is 20.1 Å². The van der Waals surface area contributed by atoms with E-state index >= 15 is 0 Å². The SMILES string of the molecule is OC[C@H]1O[C@@H]2SC(CCC(F)(F)F)=N[C@@H]2[C@@H](O)[C@@H]1O. The number of ether oxygens (including phenoxy) is 1. The zero-order chi connectivity index (χ0) is 14.2. The lowest BCUT2D eigenvalue weighted by atomic mass is 9.99. The largest absolute Gasteiger partial charge is 0.394 e. The van der Waals surface area contributed by atoms with Crippen LogP contribution in [0, 0.1) is 0 Å². The number of fused-ring (bicyclic) bond motifs is 1. The van der Waals surface area contributed by atoms with Gasteiger partial charge in [-0.3, -0.25) is 4.99 Å². The van der Waals surface area contributed by atoms with E-state index in [1.165, 1.54) is 0 Å². The Morgan fingerprint density at radius 2 is 1.95 bits per heavy atom. The van der Waals surface area contributed by atoms with Gasteiger partial charge in [0, 0.05) is 12.8 Å². The quantitative estimate of drug-likeness (QED) is 0.697. The average Bonchev–Trinajstić information content (AvgIpc) is 2.73. The van der Waals surface area contributed by atoms with Gasteiger partial charge in [0.2, 0.25) is 0 Å².